The summed E-state index contributed by atoms with van der Waals surface area (Å²) in [6, 6.07) is 0. The van der Waals surface area contributed by atoms with Crippen molar-refractivity contribution in [3.8, 4) is 0 Å². The molecule has 5 nitrogen and oxygen atoms in total. The van der Waals surface area contributed by atoms with E-state index in [0.717, 1.165) is 25.8 Å². The minimum Gasteiger partial charge on any atom is -0.481 e. The summed E-state index contributed by atoms with van der Waals surface area (Å²) in [7, 11) is -2.98. The Hall–Kier alpha value is -0.330. The molecule has 0 aromatic rings. The summed E-state index contributed by atoms with van der Waals surface area (Å²) in [5, 5.41) is 9.17. The van der Waals surface area contributed by atoms with Gasteiger partial charge in [0.1, 0.15) is 0 Å². The number of fused-ring (bicyclic) bond motifs is 1. The summed E-state index contributed by atoms with van der Waals surface area (Å²) in [6.45, 7) is 5.50. The van der Waals surface area contributed by atoms with Gasteiger partial charge >= 0.3 is 5.97 Å². The summed E-state index contributed by atoms with van der Waals surface area (Å²) in [4.78, 5) is 13.7. The molecule has 1 saturated heterocycles. The van der Waals surface area contributed by atoms with E-state index in [1.165, 1.54) is 0 Å². The van der Waals surface area contributed by atoms with Gasteiger partial charge in [0, 0.05) is 13.1 Å². The molecule has 1 heterocycles. The number of carbonyl (C=O) groups is 1. The van der Waals surface area contributed by atoms with E-state index in [2.05, 4.69) is 4.90 Å². The molecule has 1 aliphatic heterocycles. The van der Waals surface area contributed by atoms with Gasteiger partial charge in [-0.1, -0.05) is 6.42 Å². The number of halogens is 1. The van der Waals surface area contributed by atoms with Crippen LogP contribution in [-0.4, -0.2) is 55.0 Å². The van der Waals surface area contributed by atoms with Crippen molar-refractivity contribution in [1.29, 1.82) is 0 Å². The Morgan fingerprint density at radius 2 is 2.10 bits per heavy atom. The zero-order valence-electron chi connectivity index (χ0n) is 12.7. The molecule has 2 aliphatic rings. The number of likely N-dealkylation sites (tertiary alicyclic amines) is 1. The average Bonchev–Trinajstić information content (AvgIpc) is 2.85. The lowest BCUT2D eigenvalue weighted by Gasteiger charge is -2.23. The van der Waals surface area contributed by atoms with E-state index in [1.807, 2.05) is 0 Å². The second-order valence-electron chi connectivity index (χ2n) is 6.55. The maximum atomic E-state index is 11.8. The van der Waals surface area contributed by atoms with Crippen LogP contribution in [0.3, 0.4) is 0 Å². The molecule has 0 aromatic heterocycles. The fourth-order valence-corrected chi connectivity index (χ4v) is 4.64. The summed E-state index contributed by atoms with van der Waals surface area (Å²) in [5.41, 5.74) is -0.559. The highest BCUT2D eigenvalue weighted by Gasteiger charge is 2.54. The van der Waals surface area contributed by atoms with Crippen molar-refractivity contribution in [2.75, 3.05) is 25.4 Å². The smallest absolute Gasteiger partial charge is 0.311 e. The highest BCUT2D eigenvalue weighted by molar-refractivity contribution is 7.91. The van der Waals surface area contributed by atoms with Crippen LogP contribution in [-0.2, 0) is 14.6 Å². The number of rotatable bonds is 6. The highest BCUT2D eigenvalue weighted by Crippen LogP contribution is 2.48. The standard InChI is InChI=1S/C14H25NO4S.ClH/c1-11(2)20(18,19)8-4-7-15-9-12-5-3-6-14(12,10-15)13(16)17;/h11-12H,3-10H2,1-2H3,(H,16,17);1H/t12-,14+;/m0./s1. The van der Waals surface area contributed by atoms with Gasteiger partial charge in [0.2, 0.25) is 0 Å². The zero-order valence-corrected chi connectivity index (χ0v) is 14.4. The lowest BCUT2D eigenvalue weighted by molar-refractivity contribution is -0.149. The van der Waals surface area contributed by atoms with Crippen LogP contribution in [0.15, 0.2) is 0 Å². The van der Waals surface area contributed by atoms with E-state index < -0.39 is 21.2 Å². The Morgan fingerprint density at radius 3 is 2.62 bits per heavy atom. The first kappa shape index (κ1) is 18.7. The Bertz CT molecular complexity index is 479. The molecule has 124 valence electrons. The predicted octanol–water partition coefficient (Wildman–Crippen LogP) is 1.81. The van der Waals surface area contributed by atoms with Gasteiger partial charge < -0.3 is 10.0 Å². The molecule has 21 heavy (non-hydrogen) atoms. The van der Waals surface area contributed by atoms with Crippen LogP contribution in [0, 0.1) is 11.3 Å². The molecule has 2 fully saturated rings. The van der Waals surface area contributed by atoms with Crippen LogP contribution < -0.4 is 0 Å². The van der Waals surface area contributed by atoms with Crippen molar-refractivity contribution in [1.82, 2.24) is 4.90 Å². The molecular formula is C14H26ClNO4S. The molecule has 0 unspecified atom stereocenters. The average molecular weight is 340 g/mol. The molecule has 1 aliphatic carbocycles. The molecule has 0 amide bonds. The number of sulfone groups is 1. The van der Waals surface area contributed by atoms with Gasteiger partial charge in [-0.3, -0.25) is 4.79 Å². The van der Waals surface area contributed by atoms with Crippen molar-refractivity contribution in [2.45, 2.75) is 44.8 Å². The maximum absolute atomic E-state index is 11.8. The second-order valence-corrected chi connectivity index (χ2v) is 9.23. The molecule has 2 rings (SSSR count). The third kappa shape index (κ3) is 3.71. The van der Waals surface area contributed by atoms with Crippen LogP contribution in [0.25, 0.3) is 0 Å². The van der Waals surface area contributed by atoms with Gasteiger partial charge in [-0.2, -0.15) is 0 Å². The van der Waals surface area contributed by atoms with E-state index in [-0.39, 0.29) is 29.3 Å². The van der Waals surface area contributed by atoms with Gasteiger partial charge in [0.15, 0.2) is 9.84 Å². The fraction of sp³-hybridized carbons (Fsp3) is 0.929. The highest BCUT2D eigenvalue weighted by atomic mass is 35.5. The van der Waals surface area contributed by atoms with Gasteiger partial charge in [0.25, 0.3) is 0 Å². The largest absolute Gasteiger partial charge is 0.481 e. The Labute approximate surface area is 133 Å². The van der Waals surface area contributed by atoms with Crippen LogP contribution in [0.5, 0.6) is 0 Å². The van der Waals surface area contributed by atoms with Crippen molar-refractivity contribution < 1.29 is 18.3 Å². The first-order chi connectivity index (χ1) is 9.28. The van der Waals surface area contributed by atoms with Crippen LogP contribution in [0.2, 0.25) is 0 Å². The zero-order chi connectivity index (χ0) is 15.0. The van der Waals surface area contributed by atoms with Crippen molar-refractivity contribution >= 4 is 28.2 Å². The Kier molecular flexibility index (Phi) is 6.09. The summed E-state index contributed by atoms with van der Waals surface area (Å²) in [6.07, 6.45) is 3.37. The van der Waals surface area contributed by atoms with E-state index >= 15 is 0 Å². The number of carboxylic acids is 1. The minimum atomic E-state index is -2.98. The van der Waals surface area contributed by atoms with E-state index in [4.69, 9.17) is 0 Å². The van der Waals surface area contributed by atoms with E-state index in [0.29, 0.717) is 19.5 Å². The van der Waals surface area contributed by atoms with Crippen molar-refractivity contribution in [3.05, 3.63) is 0 Å². The lowest BCUT2D eigenvalue weighted by atomic mass is 9.81. The fourth-order valence-electron chi connectivity index (χ4n) is 3.64. The van der Waals surface area contributed by atoms with E-state index in [9.17, 15) is 18.3 Å². The number of hydrogen-bond acceptors (Lipinski definition) is 4. The molecule has 0 aromatic carbocycles. The molecule has 2 atom stereocenters. The van der Waals surface area contributed by atoms with Crippen LogP contribution in [0.4, 0.5) is 0 Å². The normalized spacial score (nSPS) is 29.4. The number of carboxylic acid groups (broad SMARTS) is 1. The molecule has 1 N–H and O–H groups in total. The SMILES string of the molecule is CC(C)S(=O)(=O)CCCN1C[C@@H]2CCC[C@@]2(C(=O)O)C1.Cl. The Morgan fingerprint density at radius 1 is 1.43 bits per heavy atom. The minimum absolute atomic E-state index is 0. The van der Waals surface area contributed by atoms with Crippen LogP contribution >= 0.6 is 12.4 Å². The maximum Gasteiger partial charge on any atom is 0.311 e. The second kappa shape index (κ2) is 6.84. The van der Waals surface area contributed by atoms with Gasteiger partial charge in [-0.25, -0.2) is 8.42 Å². The quantitative estimate of drug-likeness (QED) is 0.798. The molecule has 0 spiro atoms. The molecule has 0 radical (unpaired) electrons. The molecule has 1 saturated carbocycles. The molecule has 7 heteroatoms. The number of nitrogens with zero attached hydrogens (tertiary/aromatic N) is 1. The first-order valence-corrected chi connectivity index (χ1v) is 9.17. The molecule has 0 bridgehead atoms. The van der Waals surface area contributed by atoms with Crippen molar-refractivity contribution in [2.24, 2.45) is 11.3 Å². The van der Waals surface area contributed by atoms with Gasteiger partial charge in [-0.05, 0) is 45.6 Å². The van der Waals surface area contributed by atoms with Crippen molar-refractivity contribution in [3.63, 3.8) is 0 Å². The first-order valence-electron chi connectivity index (χ1n) is 7.45. The number of hydrogen-bond donors (Lipinski definition) is 1. The summed E-state index contributed by atoms with van der Waals surface area (Å²) < 4.78 is 23.5. The van der Waals surface area contributed by atoms with Gasteiger partial charge in [-0.15, -0.1) is 12.4 Å². The number of aliphatic carboxylic acids is 1. The third-order valence-corrected chi connectivity index (χ3v) is 7.28. The third-order valence-electron chi connectivity index (χ3n) is 4.99. The lowest BCUT2D eigenvalue weighted by Crippen LogP contribution is -2.36. The van der Waals surface area contributed by atoms with Gasteiger partial charge in [0.05, 0.1) is 16.4 Å². The molecular weight excluding hydrogens is 314 g/mol. The summed E-state index contributed by atoms with van der Waals surface area (Å²) in [5.74, 6) is -0.217. The topological polar surface area (TPSA) is 74.7 Å². The Balaban J connectivity index is 0.00000220. The summed E-state index contributed by atoms with van der Waals surface area (Å²) >= 11 is 0. The monoisotopic (exact) mass is 339 g/mol. The van der Waals surface area contributed by atoms with E-state index in [1.54, 1.807) is 13.8 Å². The van der Waals surface area contributed by atoms with Crippen LogP contribution in [0.1, 0.15) is 39.5 Å². The predicted molar refractivity (Wildman–Crippen MR) is 84.6 cm³/mol.